The Morgan fingerprint density at radius 2 is 1.69 bits per heavy atom. The van der Waals surface area contributed by atoms with Crippen molar-refractivity contribution in [3.8, 4) is 0 Å². The lowest BCUT2D eigenvalue weighted by Crippen LogP contribution is -2.69. The number of nitrogens with one attached hydrogen (secondary N) is 1. The van der Waals surface area contributed by atoms with Gasteiger partial charge in [-0.05, 0) is 64.2 Å². The molecule has 0 radical (unpaired) electrons. The number of hydrogen-bond donors (Lipinski definition) is 1. The van der Waals surface area contributed by atoms with Crippen LogP contribution in [0, 0.1) is 5.41 Å². The van der Waals surface area contributed by atoms with E-state index in [0.29, 0.717) is 5.54 Å². The number of nitrogens with zero attached hydrogens (tertiary/aromatic N) is 1. The lowest BCUT2D eigenvalue weighted by atomic mass is 9.50. The average molecular weight is 180 g/mol. The van der Waals surface area contributed by atoms with Crippen LogP contribution in [0.3, 0.4) is 0 Å². The van der Waals surface area contributed by atoms with Gasteiger partial charge >= 0.3 is 0 Å². The van der Waals surface area contributed by atoms with Crippen LogP contribution in [0.1, 0.15) is 32.1 Å². The van der Waals surface area contributed by atoms with Crippen molar-refractivity contribution in [2.24, 2.45) is 5.41 Å². The van der Waals surface area contributed by atoms with Crippen LogP contribution in [-0.4, -0.2) is 37.1 Å². The molecule has 2 heteroatoms. The van der Waals surface area contributed by atoms with Crippen molar-refractivity contribution in [2.45, 2.75) is 37.6 Å². The van der Waals surface area contributed by atoms with Crippen molar-refractivity contribution in [2.75, 3.05) is 26.7 Å². The van der Waals surface area contributed by atoms with Crippen molar-refractivity contribution >= 4 is 0 Å². The van der Waals surface area contributed by atoms with Gasteiger partial charge in [-0.1, -0.05) is 0 Å². The lowest BCUT2D eigenvalue weighted by molar-refractivity contribution is -0.0757. The molecule has 74 valence electrons. The predicted octanol–water partition coefficient (Wildman–Crippen LogP) is 1.22. The summed E-state index contributed by atoms with van der Waals surface area (Å²) in [4.78, 5) is 2.48. The van der Waals surface area contributed by atoms with Gasteiger partial charge in [0.1, 0.15) is 0 Å². The Kier molecular flexibility index (Phi) is 1.58. The fourth-order valence-corrected chi connectivity index (χ4v) is 3.61. The van der Waals surface area contributed by atoms with E-state index in [1.165, 1.54) is 51.7 Å². The highest BCUT2D eigenvalue weighted by Crippen LogP contribution is 2.57. The summed E-state index contributed by atoms with van der Waals surface area (Å²) in [5.74, 6) is 0. The molecule has 2 aliphatic heterocycles. The molecule has 1 N–H and O–H groups in total. The first-order chi connectivity index (χ1) is 6.22. The van der Waals surface area contributed by atoms with Gasteiger partial charge in [0.05, 0.1) is 0 Å². The topological polar surface area (TPSA) is 15.3 Å². The molecule has 0 aromatic carbocycles. The molecule has 0 aromatic rings. The summed E-state index contributed by atoms with van der Waals surface area (Å²) in [6.45, 7) is 3.93. The van der Waals surface area contributed by atoms with E-state index in [1.807, 2.05) is 0 Å². The van der Waals surface area contributed by atoms with Gasteiger partial charge in [0.25, 0.3) is 0 Å². The summed E-state index contributed by atoms with van der Waals surface area (Å²) >= 11 is 0. The average Bonchev–Trinajstić information content (AvgIpc) is 1.99. The highest BCUT2D eigenvalue weighted by Gasteiger charge is 2.56. The Balaban J connectivity index is 1.61. The maximum atomic E-state index is 3.63. The Bertz CT molecular complexity index is 202. The van der Waals surface area contributed by atoms with E-state index in [1.54, 1.807) is 0 Å². The second-order valence-corrected chi connectivity index (χ2v) is 5.61. The summed E-state index contributed by atoms with van der Waals surface area (Å²) < 4.78 is 0. The van der Waals surface area contributed by atoms with E-state index in [0.717, 1.165) is 5.41 Å². The maximum absolute atomic E-state index is 3.63. The second kappa shape index (κ2) is 2.48. The molecule has 0 amide bonds. The zero-order valence-corrected chi connectivity index (χ0v) is 8.60. The lowest BCUT2D eigenvalue weighted by Gasteiger charge is -2.63. The summed E-state index contributed by atoms with van der Waals surface area (Å²) in [5.41, 5.74) is 1.40. The SMILES string of the molecule is CN1CCC2(CC1)CC1(CCN1)C2. The Morgan fingerprint density at radius 1 is 1.08 bits per heavy atom. The minimum atomic E-state index is 0.635. The van der Waals surface area contributed by atoms with E-state index < -0.39 is 0 Å². The zero-order valence-electron chi connectivity index (χ0n) is 8.60. The van der Waals surface area contributed by atoms with Gasteiger partial charge in [0, 0.05) is 5.54 Å². The molecule has 3 fully saturated rings. The van der Waals surface area contributed by atoms with Gasteiger partial charge in [-0.3, -0.25) is 0 Å². The minimum Gasteiger partial charge on any atom is -0.311 e. The van der Waals surface area contributed by atoms with Crippen LogP contribution in [-0.2, 0) is 0 Å². The summed E-state index contributed by atoms with van der Waals surface area (Å²) in [6, 6.07) is 0. The highest BCUT2D eigenvalue weighted by atomic mass is 15.1. The van der Waals surface area contributed by atoms with E-state index in [-0.39, 0.29) is 0 Å². The first kappa shape index (κ1) is 8.25. The van der Waals surface area contributed by atoms with E-state index in [2.05, 4.69) is 17.3 Å². The highest BCUT2D eigenvalue weighted by molar-refractivity contribution is 5.14. The van der Waals surface area contributed by atoms with Crippen LogP contribution >= 0.6 is 0 Å². The van der Waals surface area contributed by atoms with Gasteiger partial charge in [0.2, 0.25) is 0 Å². The molecule has 2 heterocycles. The molecule has 3 aliphatic rings. The van der Waals surface area contributed by atoms with Gasteiger partial charge in [-0.25, -0.2) is 0 Å². The predicted molar refractivity (Wildman–Crippen MR) is 53.7 cm³/mol. The molecule has 0 unspecified atom stereocenters. The zero-order chi connectivity index (χ0) is 8.94. The van der Waals surface area contributed by atoms with Gasteiger partial charge in [-0.15, -0.1) is 0 Å². The minimum absolute atomic E-state index is 0.635. The molecule has 0 atom stereocenters. The van der Waals surface area contributed by atoms with E-state index in [4.69, 9.17) is 0 Å². The van der Waals surface area contributed by atoms with Gasteiger partial charge < -0.3 is 10.2 Å². The van der Waals surface area contributed by atoms with Crippen LogP contribution in [0.5, 0.6) is 0 Å². The third-order valence-electron chi connectivity index (χ3n) is 4.58. The van der Waals surface area contributed by atoms with Crippen molar-refractivity contribution in [3.05, 3.63) is 0 Å². The van der Waals surface area contributed by atoms with Crippen LogP contribution in [0.2, 0.25) is 0 Å². The van der Waals surface area contributed by atoms with Crippen LogP contribution in [0.15, 0.2) is 0 Å². The molecule has 13 heavy (non-hydrogen) atoms. The van der Waals surface area contributed by atoms with E-state index in [9.17, 15) is 0 Å². The Morgan fingerprint density at radius 3 is 2.15 bits per heavy atom. The van der Waals surface area contributed by atoms with Gasteiger partial charge in [-0.2, -0.15) is 0 Å². The largest absolute Gasteiger partial charge is 0.311 e. The maximum Gasteiger partial charge on any atom is 0.0204 e. The Labute approximate surface area is 80.7 Å². The number of hydrogen-bond acceptors (Lipinski definition) is 2. The van der Waals surface area contributed by atoms with Crippen LogP contribution in [0.4, 0.5) is 0 Å². The monoisotopic (exact) mass is 180 g/mol. The second-order valence-electron chi connectivity index (χ2n) is 5.61. The van der Waals surface area contributed by atoms with Crippen molar-refractivity contribution in [3.63, 3.8) is 0 Å². The van der Waals surface area contributed by atoms with Crippen LogP contribution < -0.4 is 5.32 Å². The fraction of sp³-hybridized carbons (Fsp3) is 1.00. The Hall–Kier alpha value is -0.0800. The fourth-order valence-electron chi connectivity index (χ4n) is 3.61. The molecule has 1 aliphatic carbocycles. The van der Waals surface area contributed by atoms with Gasteiger partial charge in [0.15, 0.2) is 0 Å². The van der Waals surface area contributed by atoms with Crippen molar-refractivity contribution in [1.29, 1.82) is 0 Å². The first-order valence-corrected chi connectivity index (χ1v) is 5.66. The molecule has 3 rings (SSSR count). The third kappa shape index (κ3) is 1.15. The first-order valence-electron chi connectivity index (χ1n) is 5.66. The molecule has 1 saturated carbocycles. The normalized spacial score (nSPS) is 35.8. The molecule has 2 saturated heterocycles. The standard InChI is InChI=1S/C11H20N2/c1-13-6-3-10(4-7-13)8-11(9-10)2-5-12-11/h12H,2-9H2,1H3. The molecule has 2 nitrogen and oxygen atoms in total. The van der Waals surface area contributed by atoms with Crippen molar-refractivity contribution < 1.29 is 0 Å². The summed E-state index contributed by atoms with van der Waals surface area (Å²) in [7, 11) is 2.25. The summed E-state index contributed by atoms with van der Waals surface area (Å²) in [6.07, 6.45) is 7.31. The molecule has 2 spiro atoms. The number of piperidine rings is 1. The van der Waals surface area contributed by atoms with Crippen molar-refractivity contribution in [1.82, 2.24) is 10.2 Å². The third-order valence-corrected chi connectivity index (χ3v) is 4.58. The summed E-state index contributed by atoms with van der Waals surface area (Å²) in [5, 5.41) is 3.63. The van der Waals surface area contributed by atoms with Crippen LogP contribution in [0.25, 0.3) is 0 Å². The molecular weight excluding hydrogens is 160 g/mol. The smallest absolute Gasteiger partial charge is 0.0204 e. The molecule has 0 aromatic heterocycles. The van der Waals surface area contributed by atoms with E-state index >= 15 is 0 Å². The number of likely N-dealkylation sites (tertiary alicyclic amines) is 1. The number of rotatable bonds is 0. The quantitative estimate of drug-likeness (QED) is 0.603. The molecule has 0 bridgehead atoms. The molecular formula is C11H20N2.